The molecule has 13 heteroatoms. The number of halogens is 3. The van der Waals surface area contributed by atoms with Gasteiger partial charge >= 0.3 is 0 Å². The fraction of sp³-hybridized carbons (Fsp3) is 0.447. The van der Waals surface area contributed by atoms with Crippen molar-refractivity contribution in [2.24, 2.45) is 23.4 Å². The number of aryl methyl sites for hydroxylation is 2. The molecule has 270 valence electrons. The number of benzene rings is 2. The number of nitrogens with zero attached hydrogens (tertiary/aromatic N) is 3. The Balaban J connectivity index is 0.000000265. The van der Waals surface area contributed by atoms with E-state index in [9.17, 15) is 10.1 Å². The summed E-state index contributed by atoms with van der Waals surface area (Å²) in [7, 11) is 0. The largest absolute Gasteiger partial charge is 0.399 e. The average molecular weight is 736 g/mol. The summed E-state index contributed by atoms with van der Waals surface area (Å²) in [5, 5.41) is 23.5. The lowest BCUT2D eigenvalue weighted by atomic mass is 9.87. The van der Waals surface area contributed by atoms with E-state index in [0.717, 1.165) is 60.8 Å². The van der Waals surface area contributed by atoms with Crippen LogP contribution in [0.1, 0.15) is 74.9 Å². The number of nitrogens with two attached hydrogens (primary N) is 2. The van der Waals surface area contributed by atoms with Gasteiger partial charge in [-0.15, -0.1) is 0 Å². The second kappa shape index (κ2) is 15.8. The van der Waals surface area contributed by atoms with Crippen LogP contribution in [0, 0.1) is 35.9 Å². The molecule has 2 bridgehead atoms. The van der Waals surface area contributed by atoms with Gasteiger partial charge in [0.1, 0.15) is 5.52 Å². The van der Waals surface area contributed by atoms with Crippen LogP contribution < -0.4 is 22.3 Å². The molecule has 5 fully saturated rings. The lowest BCUT2D eigenvalue weighted by Gasteiger charge is -2.24. The molecule has 0 radical (unpaired) electrons. The predicted molar refractivity (Wildman–Crippen MR) is 200 cm³/mol. The lowest BCUT2D eigenvalue weighted by Crippen LogP contribution is -2.31. The summed E-state index contributed by atoms with van der Waals surface area (Å²) in [4.78, 5) is 23.1. The van der Waals surface area contributed by atoms with E-state index in [0.29, 0.717) is 44.9 Å². The molecule has 3 saturated heterocycles. The van der Waals surface area contributed by atoms with Crippen molar-refractivity contribution in [2.75, 3.05) is 13.1 Å². The van der Waals surface area contributed by atoms with Crippen molar-refractivity contribution in [1.29, 1.82) is 5.26 Å². The van der Waals surface area contributed by atoms with Gasteiger partial charge in [-0.3, -0.25) is 10.6 Å². The summed E-state index contributed by atoms with van der Waals surface area (Å²) in [6, 6.07) is 12.2. The lowest BCUT2D eigenvalue weighted by molar-refractivity contribution is -0.133. The number of hydrogen-bond donors (Lipinski definition) is 6. The zero-order chi connectivity index (χ0) is 36.4. The van der Waals surface area contributed by atoms with E-state index >= 15 is 4.39 Å². The summed E-state index contributed by atoms with van der Waals surface area (Å²) in [6.45, 7) is 5.51. The number of fused-ring (bicyclic) bond motifs is 4. The molecule has 2 unspecified atom stereocenters. The number of hydrogen-bond acceptors (Lipinski definition) is 8. The van der Waals surface area contributed by atoms with Crippen LogP contribution in [0.5, 0.6) is 0 Å². The van der Waals surface area contributed by atoms with Crippen molar-refractivity contribution in [3.63, 3.8) is 0 Å². The minimum absolute atomic E-state index is 0.0117. The molecule has 1 amide bonds. The van der Waals surface area contributed by atoms with Gasteiger partial charge in [-0.25, -0.2) is 9.37 Å². The van der Waals surface area contributed by atoms with E-state index in [2.05, 4.69) is 32.8 Å². The van der Waals surface area contributed by atoms with Crippen LogP contribution in [0.4, 0.5) is 4.39 Å². The predicted octanol–water partition coefficient (Wildman–Crippen LogP) is 6.67. The number of carbonyl (C=O) groups excluding carboxylic acids is 1. The number of H-pyrrole nitrogens is 1. The van der Waals surface area contributed by atoms with E-state index in [1.165, 1.54) is 25.6 Å². The zero-order valence-corrected chi connectivity index (χ0v) is 30.4. The second-order valence-corrected chi connectivity index (χ2v) is 14.8. The third-order valence-electron chi connectivity index (χ3n) is 10.3. The van der Waals surface area contributed by atoms with Crippen molar-refractivity contribution in [3.05, 3.63) is 75.0 Å². The maximum atomic E-state index is 16.3. The second-order valence-electron chi connectivity index (χ2n) is 14.0. The number of carbonyl (C=O) groups is 1. The fourth-order valence-corrected chi connectivity index (χ4v) is 7.68. The van der Waals surface area contributed by atoms with Crippen LogP contribution in [-0.4, -0.2) is 51.1 Å². The third-order valence-corrected chi connectivity index (χ3v) is 11.1. The van der Waals surface area contributed by atoms with Gasteiger partial charge in [0.2, 0.25) is 5.91 Å². The standard InChI is InChI=1S/C29H25Cl2FN4O.C5H9N.C4H11N3O/c1-15-19-14-22(23-8-4-12-36(23)29(37)16-9-10-16)35-27(19)20-13-17(5-3-11-33)24(26(32)28(20)34-15)18-6-2-7-21(30)25(18)31;1-4-2-5(1)6-3-4;1-3(8)4(5)2-7-6/h2,6-7,13-14,16,23,35H,3-5,8-10,12H2,1H3;4-6H,1-3H2;2-3,7-8H,5-6H2,1H3/b;;4-2-. The zero-order valence-electron chi connectivity index (χ0n) is 28.9. The van der Waals surface area contributed by atoms with Gasteiger partial charge in [-0.05, 0) is 95.0 Å². The molecule has 2 saturated carbocycles. The minimum atomic E-state index is -0.633. The number of nitriles is 1. The topological polar surface area (TPSA) is 169 Å². The maximum absolute atomic E-state index is 16.3. The molecule has 8 N–H and O–H groups in total. The minimum Gasteiger partial charge on any atom is -0.399 e. The number of pyridine rings is 1. The molecular formula is C38H45Cl2FN8O2. The number of likely N-dealkylation sites (tertiary alicyclic amines) is 1. The Hall–Kier alpha value is -3.92. The summed E-state index contributed by atoms with van der Waals surface area (Å²) in [5.41, 5.74) is 11.9. The number of hydrazine groups is 1. The molecule has 2 atom stereocenters. The summed E-state index contributed by atoms with van der Waals surface area (Å²) in [6.07, 6.45) is 8.06. The summed E-state index contributed by atoms with van der Waals surface area (Å²) in [5.74, 6) is 5.86. The summed E-state index contributed by atoms with van der Waals surface area (Å²) < 4.78 is 16.3. The number of aliphatic hydroxyl groups excluding tert-OH is 1. The van der Waals surface area contributed by atoms with Gasteiger partial charge in [-0.1, -0.05) is 35.3 Å². The number of aromatic nitrogens is 2. The van der Waals surface area contributed by atoms with Crippen LogP contribution in [-0.2, 0) is 11.2 Å². The molecular weight excluding hydrogens is 690 g/mol. The average Bonchev–Trinajstić information content (AvgIpc) is 3.50. The van der Waals surface area contributed by atoms with Crippen LogP contribution in [0.15, 0.2) is 42.2 Å². The number of rotatable bonds is 7. The molecule has 2 aliphatic carbocycles. The number of aliphatic hydroxyl groups is 1. The van der Waals surface area contributed by atoms with Gasteiger partial charge in [0, 0.05) is 64.4 Å². The number of aromatic amines is 1. The highest BCUT2D eigenvalue weighted by molar-refractivity contribution is 6.43. The summed E-state index contributed by atoms with van der Waals surface area (Å²) >= 11 is 12.8. The Morgan fingerprint density at radius 2 is 2.02 bits per heavy atom. The third kappa shape index (κ3) is 7.81. The van der Waals surface area contributed by atoms with E-state index in [-0.39, 0.29) is 34.8 Å². The highest BCUT2D eigenvalue weighted by atomic mass is 35.5. The molecule has 5 aliphatic rings. The van der Waals surface area contributed by atoms with Crippen LogP contribution in [0.2, 0.25) is 10.0 Å². The quantitative estimate of drug-likeness (QED) is 0.0904. The van der Waals surface area contributed by atoms with Crippen LogP contribution in [0.3, 0.4) is 0 Å². The molecule has 0 spiro atoms. The Kier molecular flexibility index (Phi) is 11.4. The first kappa shape index (κ1) is 36.9. The number of nitrogens with one attached hydrogen (secondary N) is 3. The SMILES string of the molecule is C1NC2CC1C2.CC(O)/C(N)=C/NN.Cc1nc2c(F)c(-c3cccc(Cl)c3Cl)c(CCC#N)cc2c2[nH]c(C3CCCN3C(=O)C3CC3)cc12. The molecule has 10 nitrogen and oxygen atoms in total. The molecule has 5 heterocycles. The Morgan fingerprint density at radius 1 is 1.25 bits per heavy atom. The van der Waals surface area contributed by atoms with E-state index in [1.807, 2.05) is 17.9 Å². The Bertz CT molecular complexity index is 1980. The van der Waals surface area contributed by atoms with Gasteiger partial charge in [-0.2, -0.15) is 5.26 Å². The maximum Gasteiger partial charge on any atom is 0.226 e. The highest BCUT2D eigenvalue weighted by Crippen LogP contribution is 2.43. The number of amides is 1. The fourth-order valence-electron chi connectivity index (χ4n) is 7.29. The highest BCUT2D eigenvalue weighted by Gasteiger charge is 2.39. The van der Waals surface area contributed by atoms with Crippen molar-refractivity contribution < 1.29 is 14.3 Å². The molecule has 51 heavy (non-hydrogen) atoms. The molecule has 2 aromatic carbocycles. The van der Waals surface area contributed by atoms with Gasteiger partial charge in [0.25, 0.3) is 0 Å². The molecule has 3 aliphatic heterocycles. The molecule has 9 rings (SSSR count). The smallest absolute Gasteiger partial charge is 0.226 e. The molecule has 2 aromatic heterocycles. The van der Waals surface area contributed by atoms with Crippen LogP contribution >= 0.6 is 23.2 Å². The van der Waals surface area contributed by atoms with Crippen molar-refractivity contribution >= 4 is 50.9 Å². The van der Waals surface area contributed by atoms with Gasteiger partial charge in [0.05, 0.1) is 39.5 Å². The van der Waals surface area contributed by atoms with E-state index < -0.39 is 11.9 Å². The van der Waals surface area contributed by atoms with Crippen molar-refractivity contribution in [2.45, 2.75) is 83.4 Å². The Morgan fingerprint density at radius 3 is 2.61 bits per heavy atom. The van der Waals surface area contributed by atoms with Crippen LogP contribution in [0.25, 0.3) is 32.9 Å². The molecule has 4 aromatic rings. The van der Waals surface area contributed by atoms with Gasteiger partial charge in [0.15, 0.2) is 5.82 Å². The first-order valence-electron chi connectivity index (χ1n) is 17.6. The normalized spacial score (nSPS) is 21.3. The first-order valence-corrected chi connectivity index (χ1v) is 18.4. The monoisotopic (exact) mass is 734 g/mol. The van der Waals surface area contributed by atoms with E-state index in [4.69, 9.17) is 39.9 Å². The van der Waals surface area contributed by atoms with Crippen molar-refractivity contribution in [1.82, 2.24) is 25.6 Å². The van der Waals surface area contributed by atoms with Crippen molar-refractivity contribution in [3.8, 4) is 17.2 Å². The first-order chi connectivity index (χ1) is 24.5. The van der Waals surface area contributed by atoms with Gasteiger partial charge < -0.3 is 31.5 Å². The Labute approximate surface area is 307 Å². The van der Waals surface area contributed by atoms with E-state index in [1.54, 1.807) is 25.1 Å².